The van der Waals surface area contributed by atoms with Crippen LogP contribution in [0.2, 0.25) is 0 Å². The topological polar surface area (TPSA) is 63.2 Å². The molecule has 128 valence electrons. The third-order valence-electron chi connectivity index (χ3n) is 4.50. The molecule has 5 nitrogen and oxygen atoms in total. The first kappa shape index (κ1) is 17.0. The molecule has 0 atom stereocenters. The lowest BCUT2D eigenvalue weighted by molar-refractivity contribution is 0.263. The summed E-state index contributed by atoms with van der Waals surface area (Å²) in [4.78, 5) is 11.3. The average molecular weight is 345 g/mol. The zero-order valence-corrected chi connectivity index (χ0v) is 15.2. The number of hydrogen-bond donors (Lipinski definition) is 0. The Morgan fingerprint density at radius 3 is 2.79 bits per heavy atom. The van der Waals surface area contributed by atoms with Crippen molar-refractivity contribution in [3.63, 3.8) is 0 Å². The zero-order chi connectivity index (χ0) is 17.3. The molecule has 0 saturated carbocycles. The van der Waals surface area contributed by atoms with Gasteiger partial charge < -0.3 is 0 Å². The van der Waals surface area contributed by atoms with Crippen molar-refractivity contribution in [2.24, 2.45) is 0 Å². The van der Waals surface area contributed by atoms with E-state index in [1.165, 1.54) is 5.56 Å². The Morgan fingerprint density at radius 1 is 1.21 bits per heavy atom. The lowest BCUT2D eigenvalue weighted by Gasteiger charge is -2.27. The predicted octanol–water partition coefficient (Wildman–Crippen LogP) is 2.23. The molecule has 0 fully saturated rings. The smallest absolute Gasteiger partial charge is 0.179 e. The largest absolute Gasteiger partial charge is 0.296 e. The highest BCUT2D eigenvalue weighted by Crippen LogP contribution is 2.20. The van der Waals surface area contributed by atoms with Gasteiger partial charge in [-0.25, -0.2) is 18.4 Å². The van der Waals surface area contributed by atoms with E-state index in [4.69, 9.17) is 0 Å². The maximum atomic E-state index is 12.7. The fraction of sp³-hybridized carbons (Fsp3) is 0.444. The molecule has 1 aliphatic heterocycles. The standard InChI is InChI=1S/C18H23N3O2S/c1-13-4-5-14(2)18(10-13)24(22,23)9-8-21-7-6-16-11-19-15(3)20-17(16)12-21/h4-5,10-11H,6-9,12H2,1-3H3. The molecular weight excluding hydrogens is 322 g/mol. The summed E-state index contributed by atoms with van der Waals surface area (Å²) in [5.74, 6) is 0.898. The van der Waals surface area contributed by atoms with Crippen LogP contribution in [0.5, 0.6) is 0 Å². The summed E-state index contributed by atoms with van der Waals surface area (Å²) < 4.78 is 25.4. The van der Waals surface area contributed by atoms with Gasteiger partial charge in [-0.1, -0.05) is 12.1 Å². The number of sulfone groups is 1. The number of fused-ring (bicyclic) bond motifs is 1. The van der Waals surface area contributed by atoms with E-state index in [2.05, 4.69) is 14.9 Å². The third kappa shape index (κ3) is 3.65. The molecule has 0 amide bonds. The summed E-state index contributed by atoms with van der Waals surface area (Å²) in [6, 6.07) is 5.59. The van der Waals surface area contributed by atoms with Crippen LogP contribution in [-0.2, 0) is 22.8 Å². The van der Waals surface area contributed by atoms with Crippen LogP contribution in [0.15, 0.2) is 29.3 Å². The van der Waals surface area contributed by atoms with Crippen LogP contribution in [0.4, 0.5) is 0 Å². The summed E-state index contributed by atoms with van der Waals surface area (Å²) in [5, 5.41) is 0. The van der Waals surface area contributed by atoms with Crippen molar-refractivity contribution >= 4 is 9.84 Å². The number of aromatic nitrogens is 2. The molecule has 0 aliphatic carbocycles. The van der Waals surface area contributed by atoms with Crippen molar-refractivity contribution in [3.8, 4) is 0 Å². The molecule has 2 heterocycles. The van der Waals surface area contributed by atoms with Crippen LogP contribution in [0.3, 0.4) is 0 Å². The van der Waals surface area contributed by atoms with Crippen molar-refractivity contribution in [3.05, 3.63) is 52.6 Å². The molecule has 0 radical (unpaired) electrons. The Morgan fingerprint density at radius 2 is 2.00 bits per heavy atom. The molecule has 6 heteroatoms. The van der Waals surface area contributed by atoms with E-state index < -0.39 is 9.84 Å². The molecular formula is C18H23N3O2S. The van der Waals surface area contributed by atoms with Crippen molar-refractivity contribution in [1.29, 1.82) is 0 Å². The van der Waals surface area contributed by atoms with Gasteiger partial charge >= 0.3 is 0 Å². The van der Waals surface area contributed by atoms with Gasteiger partial charge in [0.2, 0.25) is 0 Å². The summed E-state index contributed by atoms with van der Waals surface area (Å²) in [6.07, 6.45) is 2.76. The summed E-state index contributed by atoms with van der Waals surface area (Å²) in [7, 11) is -3.27. The quantitative estimate of drug-likeness (QED) is 0.850. The zero-order valence-electron chi connectivity index (χ0n) is 14.4. The molecule has 0 unspecified atom stereocenters. The molecule has 0 saturated heterocycles. The minimum Gasteiger partial charge on any atom is -0.296 e. The minimum atomic E-state index is -3.27. The second-order valence-corrected chi connectivity index (χ2v) is 8.58. The summed E-state index contributed by atoms with van der Waals surface area (Å²) in [6.45, 7) is 7.72. The van der Waals surface area contributed by atoms with Crippen LogP contribution in [-0.4, -0.2) is 42.1 Å². The van der Waals surface area contributed by atoms with Crippen molar-refractivity contribution in [2.75, 3.05) is 18.8 Å². The van der Waals surface area contributed by atoms with Crippen LogP contribution < -0.4 is 0 Å². The highest BCUT2D eigenvalue weighted by Gasteiger charge is 2.22. The molecule has 1 aromatic carbocycles. The molecule has 3 rings (SSSR count). The average Bonchev–Trinajstić information content (AvgIpc) is 2.54. The minimum absolute atomic E-state index is 0.136. The normalized spacial score (nSPS) is 15.3. The van der Waals surface area contributed by atoms with Crippen molar-refractivity contribution in [1.82, 2.24) is 14.9 Å². The van der Waals surface area contributed by atoms with E-state index in [9.17, 15) is 8.42 Å². The van der Waals surface area contributed by atoms with Crippen LogP contribution in [0, 0.1) is 20.8 Å². The van der Waals surface area contributed by atoms with Gasteiger partial charge in [-0.3, -0.25) is 4.90 Å². The van der Waals surface area contributed by atoms with Gasteiger partial charge in [0.1, 0.15) is 5.82 Å². The number of hydrogen-bond acceptors (Lipinski definition) is 5. The Hall–Kier alpha value is -1.79. The molecule has 24 heavy (non-hydrogen) atoms. The fourth-order valence-corrected chi connectivity index (χ4v) is 4.69. The van der Waals surface area contributed by atoms with E-state index in [1.807, 2.05) is 39.1 Å². The Bertz CT molecular complexity index is 863. The first-order valence-corrected chi connectivity index (χ1v) is 9.84. The van der Waals surface area contributed by atoms with Gasteiger partial charge in [0, 0.05) is 25.8 Å². The predicted molar refractivity (Wildman–Crippen MR) is 93.7 cm³/mol. The molecule has 1 aliphatic rings. The lowest BCUT2D eigenvalue weighted by atomic mass is 10.1. The number of rotatable bonds is 4. The second kappa shape index (κ2) is 6.61. The fourth-order valence-electron chi connectivity index (χ4n) is 3.05. The van der Waals surface area contributed by atoms with E-state index in [0.717, 1.165) is 35.6 Å². The number of nitrogens with zero attached hydrogens (tertiary/aromatic N) is 3. The van der Waals surface area contributed by atoms with Gasteiger partial charge in [-0.15, -0.1) is 0 Å². The van der Waals surface area contributed by atoms with Crippen molar-refractivity contribution < 1.29 is 8.42 Å². The van der Waals surface area contributed by atoms with E-state index >= 15 is 0 Å². The lowest BCUT2D eigenvalue weighted by Crippen LogP contribution is -2.35. The van der Waals surface area contributed by atoms with E-state index in [-0.39, 0.29) is 5.75 Å². The van der Waals surface area contributed by atoms with E-state index in [0.29, 0.717) is 18.0 Å². The molecule has 0 spiro atoms. The number of aryl methyl sites for hydroxylation is 3. The number of benzene rings is 1. The van der Waals surface area contributed by atoms with Crippen molar-refractivity contribution in [2.45, 2.75) is 38.6 Å². The monoisotopic (exact) mass is 345 g/mol. The highest BCUT2D eigenvalue weighted by atomic mass is 32.2. The van der Waals surface area contributed by atoms with Gasteiger partial charge in [0.05, 0.1) is 16.3 Å². The van der Waals surface area contributed by atoms with Gasteiger partial charge in [-0.2, -0.15) is 0 Å². The Labute approximate surface area is 143 Å². The first-order valence-electron chi connectivity index (χ1n) is 8.19. The summed E-state index contributed by atoms with van der Waals surface area (Å²) in [5.41, 5.74) is 3.98. The summed E-state index contributed by atoms with van der Waals surface area (Å²) >= 11 is 0. The highest BCUT2D eigenvalue weighted by molar-refractivity contribution is 7.91. The third-order valence-corrected chi connectivity index (χ3v) is 6.33. The maximum Gasteiger partial charge on any atom is 0.179 e. The van der Waals surface area contributed by atoms with Crippen LogP contribution in [0.1, 0.15) is 28.2 Å². The molecule has 0 N–H and O–H groups in total. The van der Waals surface area contributed by atoms with Crippen LogP contribution >= 0.6 is 0 Å². The first-order chi connectivity index (χ1) is 11.3. The maximum absolute atomic E-state index is 12.7. The molecule has 1 aromatic heterocycles. The molecule has 2 aromatic rings. The Kier molecular flexibility index (Phi) is 4.69. The SMILES string of the molecule is Cc1ccc(C)c(S(=O)(=O)CCN2CCc3cnc(C)nc3C2)c1. The van der Waals surface area contributed by atoms with Gasteiger partial charge in [0.15, 0.2) is 9.84 Å². The Balaban J connectivity index is 1.71. The molecule has 0 bridgehead atoms. The second-order valence-electron chi connectivity index (χ2n) is 6.50. The van der Waals surface area contributed by atoms with Crippen LogP contribution in [0.25, 0.3) is 0 Å². The van der Waals surface area contributed by atoms with E-state index in [1.54, 1.807) is 6.07 Å². The van der Waals surface area contributed by atoms with Gasteiger partial charge in [-0.05, 0) is 49.9 Å². The van der Waals surface area contributed by atoms with Gasteiger partial charge in [0.25, 0.3) is 0 Å².